The van der Waals surface area contributed by atoms with E-state index in [0.717, 1.165) is 17.8 Å². The number of aryl methyl sites for hydroxylation is 1. The molecule has 2 heterocycles. The van der Waals surface area contributed by atoms with Crippen molar-refractivity contribution in [2.24, 2.45) is 0 Å². The molecular weight excluding hydrogens is 468 g/mol. The average Bonchev–Trinajstić information content (AvgIpc) is 3.39. The lowest BCUT2D eigenvalue weighted by molar-refractivity contribution is -0.132. The monoisotopic (exact) mass is 492 g/mol. The maximum atomic E-state index is 13.3. The van der Waals surface area contributed by atoms with Crippen LogP contribution in [0, 0.1) is 6.92 Å². The van der Waals surface area contributed by atoms with Crippen LogP contribution < -0.4 is 9.64 Å². The number of anilines is 1. The Morgan fingerprint density at radius 3 is 2.57 bits per heavy atom. The van der Waals surface area contributed by atoms with Gasteiger partial charge in [-0.2, -0.15) is 0 Å². The van der Waals surface area contributed by atoms with Crippen molar-refractivity contribution in [3.63, 3.8) is 0 Å². The Morgan fingerprint density at radius 2 is 1.89 bits per heavy atom. The number of hydrogen-bond acceptors (Lipinski definition) is 8. The number of hydrogen-bond donors (Lipinski definition) is 1. The number of rotatable bonds is 7. The quantitative estimate of drug-likeness (QED) is 0.221. The van der Waals surface area contributed by atoms with Gasteiger partial charge in [0.1, 0.15) is 16.4 Å². The number of nitrogens with zero attached hydrogens (tertiary/aromatic N) is 2. The van der Waals surface area contributed by atoms with E-state index in [0.29, 0.717) is 29.2 Å². The van der Waals surface area contributed by atoms with E-state index in [4.69, 9.17) is 9.47 Å². The van der Waals surface area contributed by atoms with Crippen molar-refractivity contribution < 1.29 is 29.0 Å². The Labute approximate surface area is 206 Å². The first-order valence-electron chi connectivity index (χ1n) is 11.0. The molecule has 0 spiro atoms. The maximum Gasteiger partial charge on any atom is 0.350 e. The lowest BCUT2D eigenvalue weighted by atomic mass is 9.95. The van der Waals surface area contributed by atoms with Gasteiger partial charge in [0.15, 0.2) is 5.13 Å². The molecule has 1 amide bonds. The first-order chi connectivity index (χ1) is 16.9. The summed E-state index contributed by atoms with van der Waals surface area (Å²) in [6, 6.07) is 14.6. The topological polar surface area (TPSA) is 106 Å². The van der Waals surface area contributed by atoms with E-state index in [1.165, 1.54) is 12.0 Å². The molecule has 1 saturated heterocycles. The number of methoxy groups -OCH3 is 1. The van der Waals surface area contributed by atoms with Crippen LogP contribution in [0.15, 0.2) is 60.2 Å². The summed E-state index contributed by atoms with van der Waals surface area (Å²) in [5.41, 5.74) is 1.27. The molecule has 4 rings (SSSR count). The van der Waals surface area contributed by atoms with Gasteiger partial charge in [0.2, 0.25) is 0 Å². The van der Waals surface area contributed by atoms with E-state index in [1.54, 1.807) is 61.5 Å². The molecular formula is C26H24N2O6S. The number of aromatic nitrogens is 1. The fourth-order valence-electron chi connectivity index (χ4n) is 3.86. The minimum atomic E-state index is -0.976. The van der Waals surface area contributed by atoms with Crippen molar-refractivity contribution in [1.29, 1.82) is 0 Å². The van der Waals surface area contributed by atoms with Crippen LogP contribution in [0.5, 0.6) is 5.75 Å². The molecule has 1 N–H and O–H groups in total. The second kappa shape index (κ2) is 10.1. The predicted molar refractivity (Wildman–Crippen MR) is 132 cm³/mol. The number of esters is 1. The minimum Gasteiger partial charge on any atom is -0.507 e. The SMILES string of the molecule is CCCOc1cccc(C2/C(=C(\O)c3ccccc3)C(=O)C(=O)N2c2nc(C)c(C(=O)OC)s2)c1. The van der Waals surface area contributed by atoms with Crippen LogP contribution in [0.1, 0.15) is 45.9 Å². The van der Waals surface area contributed by atoms with Crippen LogP contribution in [0.4, 0.5) is 5.13 Å². The predicted octanol–water partition coefficient (Wildman–Crippen LogP) is 4.65. The smallest absolute Gasteiger partial charge is 0.350 e. The van der Waals surface area contributed by atoms with Gasteiger partial charge in [-0.1, -0.05) is 60.7 Å². The van der Waals surface area contributed by atoms with Gasteiger partial charge in [0.25, 0.3) is 5.78 Å². The van der Waals surface area contributed by atoms with Crippen molar-refractivity contribution >= 4 is 39.9 Å². The summed E-state index contributed by atoms with van der Waals surface area (Å²) in [7, 11) is 1.26. The zero-order valence-corrected chi connectivity index (χ0v) is 20.3. The molecule has 0 bridgehead atoms. The fourth-order valence-corrected chi connectivity index (χ4v) is 4.87. The first kappa shape index (κ1) is 24.2. The van der Waals surface area contributed by atoms with Crippen molar-refractivity contribution in [2.45, 2.75) is 26.3 Å². The van der Waals surface area contributed by atoms with Gasteiger partial charge in [-0.25, -0.2) is 9.78 Å². The molecule has 180 valence electrons. The van der Waals surface area contributed by atoms with Gasteiger partial charge in [-0.15, -0.1) is 0 Å². The second-order valence-electron chi connectivity index (χ2n) is 7.86. The lowest BCUT2D eigenvalue weighted by Gasteiger charge is -2.23. The van der Waals surface area contributed by atoms with E-state index in [2.05, 4.69) is 4.98 Å². The van der Waals surface area contributed by atoms with Crippen LogP contribution in [-0.4, -0.2) is 41.5 Å². The summed E-state index contributed by atoms with van der Waals surface area (Å²) in [6.45, 7) is 4.12. The molecule has 1 aromatic heterocycles. The number of ether oxygens (including phenoxy) is 2. The Morgan fingerprint density at radius 1 is 1.14 bits per heavy atom. The molecule has 1 aliphatic heterocycles. The molecule has 2 aromatic carbocycles. The molecule has 9 heteroatoms. The van der Waals surface area contributed by atoms with Gasteiger partial charge < -0.3 is 14.6 Å². The molecule has 3 aromatic rings. The van der Waals surface area contributed by atoms with Gasteiger partial charge in [0.05, 0.1) is 31.0 Å². The number of carbonyl (C=O) groups excluding carboxylic acids is 3. The third-order valence-corrected chi connectivity index (χ3v) is 6.64. The molecule has 1 atom stereocenters. The number of aliphatic hydroxyl groups excluding tert-OH is 1. The van der Waals surface area contributed by atoms with Crippen LogP contribution in [0.25, 0.3) is 5.76 Å². The third-order valence-electron chi connectivity index (χ3n) is 5.50. The van der Waals surface area contributed by atoms with Crippen molar-refractivity contribution in [3.8, 4) is 5.75 Å². The minimum absolute atomic E-state index is 0.0682. The summed E-state index contributed by atoms with van der Waals surface area (Å²) >= 11 is 0.953. The number of aliphatic hydroxyl groups is 1. The molecule has 0 saturated carbocycles. The number of benzene rings is 2. The Bertz CT molecular complexity index is 1310. The highest BCUT2D eigenvalue weighted by atomic mass is 32.1. The first-order valence-corrected chi connectivity index (χ1v) is 11.8. The van der Waals surface area contributed by atoms with Crippen LogP contribution in [0.2, 0.25) is 0 Å². The van der Waals surface area contributed by atoms with E-state index in [9.17, 15) is 19.5 Å². The van der Waals surface area contributed by atoms with Crippen molar-refractivity contribution in [3.05, 3.63) is 81.9 Å². The second-order valence-corrected chi connectivity index (χ2v) is 8.84. The largest absolute Gasteiger partial charge is 0.507 e. The summed E-state index contributed by atoms with van der Waals surface area (Å²) in [6.07, 6.45) is 0.811. The highest BCUT2D eigenvalue weighted by Crippen LogP contribution is 2.44. The summed E-state index contributed by atoms with van der Waals surface area (Å²) in [4.78, 5) is 44.6. The molecule has 1 aliphatic rings. The summed E-state index contributed by atoms with van der Waals surface area (Å²) in [5.74, 6) is -2.00. The standard InChI is InChI=1S/C26H24N2O6S/c1-4-13-34-18-12-8-11-17(14-18)20-19(21(29)16-9-6-5-7-10-16)22(30)24(31)28(20)26-27-15(2)23(35-26)25(32)33-3/h5-12,14,20,29H,4,13H2,1-3H3/b21-19+. The Balaban J connectivity index is 1.91. The highest BCUT2D eigenvalue weighted by Gasteiger charge is 2.48. The number of carbonyl (C=O) groups is 3. The average molecular weight is 493 g/mol. The van der Waals surface area contributed by atoms with Crippen LogP contribution in [0.3, 0.4) is 0 Å². The molecule has 8 nitrogen and oxygen atoms in total. The molecule has 0 radical (unpaired) electrons. The Hall–Kier alpha value is -3.98. The van der Waals surface area contributed by atoms with Crippen LogP contribution in [-0.2, 0) is 14.3 Å². The zero-order valence-electron chi connectivity index (χ0n) is 19.5. The van der Waals surface area contributed by atoms with E-state index < -0.39 is 23.7 Å². The number of ketones is 1. The third kappa shape index (κ3) is 4.54. The summed E-state index contributed by atoms with van der Waals surface area (Å²) < 4.78 is 10.6. The van der Waals surface area contributed by atoms with Gasteiger partial charge >= 0.3 is 11.9 Å². The molecule has 0 aliphatic carbocycles. The zero-order chi connectivity index (χ0) is 25.1. The van der Waals surface area contributed by atoms with Crippen LogP contribution >= 0.6 is 11.3 Å². The maximum absolute atomic E-state index is 13.3. The van der Waals surface area contributed by atoms with Gasteiger partial charge in [-0.3, -0.25) is 14.5 Å². The number of amides is 1. The van der Waals surface area contributed by atoms with E-state index >= 15 is 0 Å². The fraction of sp³-hybridized carbons (Fsp3) is 0.231. The highest BCUT2D eigenvalue weighted by molar-refractivity contribution is 7.17. The normalized spacial score (nSPS) is 17.0. The lowest BCUT2D eigenvalue weighted by Crippen LogP contribution is -2.29. The Kier molecular flexibility index (Phi) is 6.97. The van der Waals surface area contributed by atoms with E-state index in [1.807, 2.05) is 6.92 Å². The number of thiazole rings is 1. The van der Waals surface area contributed by atoms with E-state index in [-0.39, 0.29) is 21.3 Å². The van der Waals surface area contributed by atoms with Gasteiger partial charge in [0, 0.05) is 5.56 Å². The summed E-state index contributed by atoms with van der Waals surface area (Å²) in [5, 5.41) is 11.3. The molecule has 35 heavy (non-hydrogen) atoms. The van der Waals surface area contributed by atoms with Gasteiger partial charge in [-0.05, 0) is 31.0 Å². The molecule has 1 fully saturated rings. The number of Topliss-reactive ketones (excluding diaryl/α,β-unsaturated/α-hetero) is 1. The van der Waals surface area contributed by atoms with Crippen molar-refractivity contribution in [2.75, 3.05) is 18.6 Å². The molecule has 1 unspecified atom stereocenters. The van der Waals surface area contributed by atoms with Crippen molar-refractivity contribution in [1.82, 2.24) is 4.98 Å².